The third-order valence-corrected chi connectivity index (χ3v) is 7.70. The van der Waals surface area contributed by atoms with Gasteiger partial charge in [-0.05, 0) is 48.5 Å². The molecule has 11 heteroatoms. The van der Waals surface area contributed by atoms with Gasteiger partial charge in [-0.25, -0.2) is 8.42 Å². The van der Waals surface area contributed by atoms with Gasteiger partial charge in [-0.1, -0.05) is 29.8 Å². The van der Waals surface area contributed by atoms with Crippen LogP contribution in [0.4, 0.5) is 0 Å². The van der Waals surface area contributed by atoms with E-state index in [-0.39, 0.29) is 42.7 Å². The second kappa shape index (κ2) is 10.3. The quantitative estimate of drug-likeness (QED) is 0.539. The van der Waals surface area contributed by atoms with Crippen LogP contribution in [0.25, 0.3) is 0 Å². The lowest BCUT2D eigenvalue weighted by Gasteiger charge is -2.36. The molecule has 0 spiro atoms. The molecule has 0 bridgehead atoms. The van der Waals surface area contributed by atoms with Crippen LogP contribution in [0.1, 0.15) is 20.9 Å². The Bertz CT molecular complexity index is 1300. The lowest BCUT2D eigenvalue weighted by molar-refractivity contribution is -0.132. The van der Waals surface area contributed by atoms with Gasteiger partial charge < -0.3 is 19.5 Å². The number of nitrogens with one attached hydrogen (secondary N) is 1. The lowest BCUT2D eigenvalue weighted by atomic mass is 10.2. The Balaban J connectivity index is 1.52. The maximum absolute atomic E-state index is 13.4. The Morgan fingerprint density at radius 3 is 2.09 bits per heavy atom. The topological polar surface area (TPSA) is 117 Å². The summed E-state index contributed by atoms with van der Waals surface area (Å²) in [6.07, 6.45) is 1.27. The molecule has 2 aromatic carbocycles. The average Bonchev–Trinajstić information content (AvgIpc) is 3.43. The number of nitrogens with zero attached hydrogens (tertiary/aromatic N) is 2. The number of rotatable bonds is 6. The number of furan rings is 1. The monoisotopic (exact) mass is 515 g/mol. The lowest BCUT2D eigenvalue weighted by Crippen LogP contribution is -2.57. The van der Waals surface area contributed by atoms with Gasteiger partial charge in [0.05, 0.1) is 11.2 Å². The molecule has 0 aliphatic carbocycles. The highest BCUT2D eigenvalue weighted by molar-refractivity contribution is 7.92. The Morgan fingerprint density at radius 1 is 0.857 bits per heavy atom. The van der Waals surface area contributed by atoms with Crippen molar-refractivity contribution in [1.82, 2.24) is 15.1 Å². The van der Waals surface area contributed by atoms with Crippen molar-refractivity contribution in [3.63, 3.8) is 0 Å². The molecular formula is C24H22ClN3O6S. The van der Waals surface area contributed by atoms with E-state index < -0.39 is 27.0 Å². The second-order valence-electron chi connectivity index (χ2n) is 7.81. The summed E-state index contributed by atoms with van der Waals surface area (Å²) in [4.78, 5) is 41.6. The molecule has 3 aromatic rings. The van der Waals surface area contributed by atoms with Gasteiger partial charge in [-0.2, -0.15) is 0 Å². The van der Waals surface area contributed by atoms with Crippen LogP contribution in [0.5, 0.6) is 0 Å². The van der Waals surface area contributed by atoms with Crippen molar-refractivity contribution in [2.75, 3.05) is 26.2 Å². The van der Waals surface area contributed by atoms with Crippen molar-refractivity contribution in [3.8, 4) is 0 Å². The fourth-order valence-corrected chi connectivity index (χ4v) is 5.30. The van der Waals surface area contributed by atoms with Crippen LogP contribution >= 0.6 is 11.6 Å². The number of amides is 3. The summed E-state index contributed by atoms with van der Waals surface area (Å²) >= 11 is 5.88. The maximum atomic E-state index is 13.4. The first kappa shape index (κ1) is 24.5. The molecule has 1 atom stereocenters. The number of hydrogen-bond donors (Lipinski definition) is 1. The number of carbonyl (C=O) groups is 3. The van der Waals surface area contributed by atoms with Crippen LogP contribution in [-0.2, 0) is 14.6 Å². The van der Waals surface area contributed by atoms with E-state index in [0.29, 0.717) is 10.6 Å². The number of sulfone groups is 1. The molecule has 0 saturated carbocycles. The molecule has 1 N–H and O–H groups in total. The summed E-state index contributed by atoms with van der Waals surface area (Å²) in [5.41, 5.74) is 0.462. The van der Waals surface area contributed by atoms with Gasteiger partial charge in [0.1, 0.15) is 0 Å². The largest absolute Gasteiger partial charge is 0.459 e. The van der Waals surface area contributed by atoms with Crippen LogP contribution in [0.3, 0.4) is 0 Å². The molecule has 9 nitrogen and oxygen atoms in total. The van der Waals surface area contributed by atoms with E-state index in [2.05, 4.69) is 5.32 Å². The van der Waals surface area contributed by atoms with Crippen molar-refractivity contribution < 1.29 is 27.2 Å². The summed E-state index contributed by atoms with van der Waals surface area (Å²) in [7, 11) is -4.27. The standard InChI is InChI=1S/C24H22ClN3O6S/c25-18-10-8-17(9-11-18)23(30)27-12-14-28(15-13-27)24(31)22(26-21(29)20-7-4-16-34-20)35(32,33)19-5-2-1-3-6-19/h1-11,16,22H,12-15H2,(H,26,29). The molecule has 1 aromatic heterocycles. The molecule has 182 valence electrons. The Hall–Kier alpha value is -3.63. The highest BCUT2D eigenvalue weighted by Gasteiger charge is 2.40. The van der Waals surface area contributed by atoms with Crippen molar-refractivity contribution >= 4 is 39.2 Å². The van der Waals surface area contributed by atoms with E-state index in [0.717, 1.165) is 0 Å². The number of hydrogen-bond acceptors (Lipinski definition) is 6. The molecule has 1 fully saturated rings. The minimum absolute atomic E-state index is 0.102. The number of halogens is 1. The van der Waals surface area contributed by atoms with Gasteiger partial charge in [0.25, 0.3) is 17.7 Å². The SMILES string of the molecule is O=C(NC(C(=O)N1CCN(C(=O)c2ccc(Cl)cc2)CC1)S(=O)(=O)c1ccccc1)c1ccco1. The summed E-state index contributed by atoms with van der Waals surface area (Å²) in [5, 5.41) is 0.968. The number of benzene rings is 2. The minimum Gasteiger partial charge on any atom is -0.459 e. The fraction of sp³-hybridized carbons (Fsp3) is 0.208. The second-order valence-corrected chi connectivity index (χ2v) is 10.3. The van der Waals surface area contributed by atoms with Crippen molar-refractivity contribution in [1.29, 1.82) is 0 Å². The van der Waals surface area contributed by atoms with Crippen molar-refractivity contribution in [2.24, 2.45) is 0 Å². The van der Waals surface area contributed by atoms with E-state index in [9.17, 15) is 22.8 Å². The molecule has 1 aliphatic heterocycles. The third-order valence-electron chi connectivity index (χ3n) is 5.58. The average molecular weight is 516 g/mol. The Morgan fingerprint density at radius 2 is 1.49 bits per heavy atom. The van der Waals surface area contributed by atoms with E-state index in [1.807, 2.05) is 0 Å². The molecule has 35 heavy (non-hydrogen) atoms. The van der Waals surface area contributed by atoms with Crippen molar-refractivity contribution in [3.05, 3.63) is 89.3 Å². The Kier molecular flexibility index (Phi) is 7.23. The molecule has 2 heterocycles. The smallest absolute Gasteiger partial charge is 0.288 e. The molecule has 1 unspecified atom stereocenters. The highest BCUT2D eigenvalue weighted by Crippen LogP contribution is 2.19. The Labute approximate surface area is 207 Å². The van der Waals surface area contributed by atoms with E-state index in [1.165, 1.54) is 47.6 Å². The van der Waals surface area contributed by atoms with Crippen LogP contribution in [0.2, 0.25) is 5.02 Å². The van der Waals surface area contributed by atoms with Crippen LogP contribution in [-0.4, -0.2) is 67.5 Å². The van der Waals surface area contributed by atoms with Gasteiger partial charge >= 0.3 is 0 Å². The molecular weight excluding hydrogens is 494 g/mol. The van der Waals surface area contributed by atoms with Gasteiger partial charge in [0.2, 0.25) is 15.2 Å². The zero-order valence-corrected chi connectivity index (χ0v) is 20.0. The van der Waals surface area contributed by atoms with E-state index in [4.69, 9.17) is 16.0 Å². The zero-order chi connectivity index (χ0) is 25.0. The summed E-state index contributed by atoms with van der Waals surface area (Å²) in [6, 6.07) is 16.8. The summed E-state index contributed by atoms with van der Waals surface area (Å²) in [6.45, 7) is 0.625. The first-order chi connectivity index (χ1) is 16.8. The van der Waals surface area contributed by atoms with Crippen LogP contribution < -0.4 is 5.32 Å². The molecule has 4 rings (SSSR count). The zero-order valence-electron chi connectivity index (χ0n) is 18.5. The van der Waals surface area contributed by atoms with Crippen LogP contribution in [0, 0.1) is 0 Å². The molecule has 0 radical (unpaired) electrons. The van der Waals surface area contributed by atoms with Crippen molar-refractivity contribution in [2.45, 2.75) is 10.3 Å². The number of carbonyl (C=O) groups excluding carboxylic acids is 3. The summed E-state index contributed by atoms with van der Waals surface area (Å²) < 4.78 is 31.7. The fourth-order valence-electron chi connectivity index (χ4n) is 3.69. The predicted molar refractivity (Wildman–Crippen MR) is 128 cm³/mol. The van der Waals surface area contributed by atoms with Gasteiger partial charge in [-0.15, -0.1) is 0 Å². The van der Waals surface area contributed by atoms with Gasteiger partial charge in [0.15, 0.2) is 5.76 Å². The van der Waals surface area contributed by atoms with Gasteiger partial charge in [-0.3, -0.25) is 14.4 Å². The minimum atomic E-state index is -4.27. The summed E-state index contributed by atoms with van der Waals surface area (Å²) in [5.74, 6) is -1.95. The number of piperazine rings is 1. The van der Waals surface area contributed by atoms with E-state index in [1.54, 1.807) is 35.2 Å². The predicted octanol–water partition coefficient (Wildman–Crippen LogP) is 2.45. The third kappa shape index (κ3) is 5.39. The first-order valence-electron chi connectivity index (χ1n) is 10.7. The molecule has 1 aliphatic rings. The normalized spacial score (nSPS) is 14.9. The highest BCUT2D eigenvalue weighted by atomic mass is 35.5. The van der Waals surface area contributed by atoms with E-state index >= 15 is 0 Å². The molecule has 3 amide bonds. The maximum Gasteiger partial charge on any atom is 0.288 e. The molecule has 1 saturated heterocycles. The van der Waals surface area contributed by atoms with Crippen LogP contribution in [0.15, 0.2) is 82.3 Å². The first-order valence-corrected chi connectivity index (χ1v) is 12.7. The van der Waals surface area contributed by atoms with Gasteiger partial charge in [0, 0.05) is 36.8 Å².